The van der Waals surface area contributed by atoms with Crippen molar-refractivity contribution in [2.45, 2.75) is 11.7 Å². The van der Waals surface area contributed by atoms with Crippen molar-refractivity contribution in [1.29, 1.82) is 0 Å². The molecule has 0 aromatic heterocycles. The van der Waals surface area contributed by atoms with Crippen molar-refractivity contribution in [3.8, 4) is 0 Å². The van der Waals surface area contributed by atoms with Crippen LogP contribution in [0.5, 0.6) is 0 Å². The Bertz CT molecular complexity index is 993. The summed E-state index contributed by atoms with van der Waals surface area (Å²) in [5, 5.41) is 19.8. The Morgan fingerprint density at radius 3 is 2.41 bits per heavy atom. The molecule has 0 radical (unpaired) electrons. The molecule has 10 nitrogen and oxygen atoms in total. The van der Waals surface area contributed by atoms with Crippen LogP contribution in [-0.2, 0) is 9.59 Å². The topological polar surface area (TPSA) is 142 Å². The van der Waals surface area contributed by atoms with Crippen LogP contribution in [0.1, 0.15) is 16.8 Å². The summed E-state index contributed by atoms with van der Waals surface area (Å²) in [7, 11) is 0. The van der Waals surface area contributed by atoms with Gasteiger partial charge in [0.25, 0.3) is 17.5 Å². The molecule has 0 aliphatic carbocycles. The molecule has 0 bridgehead atoms. The number of aliphatic carboxylic acids is 1. The first-order valence-electron chi connectivity index (χ1n) is 8.27. The van der Waals surface area contributed by atoms with E-state index in [0.717, 1.165) is 16.8 Å². The van der Waals surface area contributed by atoms with Gasteiger partial charge in [0.2, 0.25) is 0 Å². The van der Waals surface area contributed by atoms with Crippen LogP contribution in [0, 0.1) is 10.1 Å². The lowest BCUT2D eigenvalue weighted by Gasteiger charge is -2.17. The standard InChI is InChI=1S/C18H14N4O6S/c23-15(24)10-14-17(26)21(18(29-14)19-12-4-2-1-3-5-12)20-16(25)11-6-8-13(9-7-11)22(27)28/h1-9,14H,10H2,(H,20,25)(H,23,24)/t14-/m0/s1. The van der Waals surface area contributed by atoms with Crippen LogP contribution in [0.4, 0.5) is 11.4 Å². The molecule has 0 spiro atoms. The maximum absolute atomic E-state index is 12.6. The highest BCUT2D eigenvalue weighted by Gasteiger charge is 2.40. The molecule has 1 atom stereocenters. The molecule has 1 heterocycles. The van der Waals surface area contributed by atoms with E-state index in [-0.39, 0.29) is 16.4 Å². The van der Waals surface area contributed by atoms with Crippen molar-refractivity contribution in [2.24, 2.45) is 4.99 Å². The third-order valence-corrected chi connectivity index (χ3v) is 4.97. The summed E-state index contributed by atoms with van der Waals surface area (Å²) in [5.74, 6) is -2.47. The van der Waals surface area contributed by atoms with Gasteiger partial charge >= 0.3 is 5.97 Å². The Labute approximate surface area is 168 Å². The molecule has 1 aliphatic heterocycles. The van der Waals surface area contributed by atoms with Gasteiger partial charge in [-0.15, -0.1) is 0 Å². The fraction of sp³-hybridized carbons (Fsp3) is 0.111. The van der Waals surface area contributed by atoms with Crippen molar-refractivity contribution in [3.63, 3.8) is 0 Å². The number of hydrogen-bond acceptors (Lipinski definition) is 7. The summed E-state index contributed by atoms with van der Waals surface area (Å²) in [6.45, 7) is 0. The highest BCUT2D eigenvalue weighted by Crippen LogP contribution is 2.30. The normalized spacial score (nSPS) is 17.4. The van der Waals surface area contributed by atoms with Gasteiger partial charge in [0.15, 0.2) is 5.17 Å². The van der Waals surface area contributed by atoms with E-state index >= 15 is 0 Å². The number of hydrazine groups is 1. The fourth-order valence-corrected chi connectivity index (χ4v) is 3.53. The predicted molar refractivity (Wildman–Crippen MR) is 105 cm³/mol. The number of nitro groups is 1. The van der Waals surface area contributed by atoms with Crippen LogP contribution < -0.4 is 5.43 Å². The average Bonchev–Trinajstić information content (AvgIpc) is 2.97. The van der Waals surface area contributed by atoms with Gasteiger partial charge in [-0.25, -0.2) is 4.99 Å². The number of non-ortho nitro benzene ring substituents is 1. The zero-order valence-electron chi connectivity index (χ0n) is 14.7. The molecule has 2 amide bonds. The number of amides is 2. The molecule has 148 valence electrons. The van der Waals surface area contributed by atoms with Crippen LogP contribution >= 0.6 is 11.8 Å². The molecule has 2 N–H and O–H groups in total. The minimum atomic E-state index is -1.15. The monoisotopic (exact) mass is 414 g/mol. The summed E-state index contributed by atoms with van der Waals surface area (Å²) in [5.41, 5.74) is 2.83. The van der Waals surface area contributed by atoms with Gasteiger partial charge in [-0.2, -0.15) is 5.01 Å². The van der Waals surface area contributed by atoms with Crippen molar-refractivity contribution in [2.75, 3.05) is 0 Å². The number of rotatable bonds is 6. The highest BCUT2D eigenvalue weighted by atomic mass is 32.2. The lowest BCUT2D eigenvalue weighted by atomic mass is 10.2. The number of hydrogen-bond donors (Lipinski definition) is 2. The number of para-hydroxylation sites is 1. The van der Waals surface area contributed by atoms with E-state index in [0.29, 0.717) is 5.69 Å². The molecule has 11 heteroatoms. The summed E-state index contributed by atoms with van der Waals surface area (Å²) in [6, 6.07) is 13.5. The quantitative estimate of drug-likeness (QED) is 0.546. The van der Waals surface area contributed by atoms with E-state index in [4.69, 9.17) is 5.11 Å². The van der Waals surface area contributed by atoms with Gasteiger partial charge in [0.05, 0.1) is 17.0 Å². The summed E-state index contributed by atoms with van der Waals surface area (Å²) >= 11 is 0.935. The first-order valence-corrected chi connectivity index (χ1v) is 9.14. The average molecular weight is 414 g/mol. The zero-order chi connectivity index (χ0) is 21.0. The van der Waals surface area contributed by atoms with Crippen molar-refractivity contribution < 1.29 is 24.4 Å². The number of benzene rings is 2. The second-order valence-electron chi connectivity index (χ2n) is 5.85. The number of carbonyl (C=O) groups excluding carboxylic acids is 2. The third kappa shape index (κ3) is 4.76. The molecule has 1 fully saturated rings. The summed E-state index contributed by atoms with van der Waals surface area (Å²) in [4.78, 5) is 50.6. The van der Waals surface area contributed by atoms with Crippen LogP contribution in [0.3, 0.4) is 0 Å². The maximum Gasteiger partial charge on any atom is 0.305 e. The van der Waals surface area contributed by atoms with Crippen LogP contribution in [0.2, 0.25) is 0 Å². The minimum absolute atomic E-state index is 0.0918. The Morgan fingerprint density at radius 2 is 1.83 bits per heavy atom. The zero-order valence-corrected chi connectivity index (χ0v) is 15.5. The Balaban J connectivity index is 1.85. The van der Waals surface area contributed by atoms with E-state index in [2.05, 4.69) is 10.4 Å². The number of thioether (sulfide) groups is 1. The van der Waals surface area contributed by atoms with E-state index in [9.17, 15) is 24.5 Å². The van der Waals surface area contributed by atoms with Crippen molar-refractivity contribution >= 4 is 46.1 Å². The fourth-order valence-electron chi connectivity index (χ4n) is 2.45. The molecule has 29 heavy (non-hydrogen) atoms. The largest absolute Gasteiger partial charge is 0.481 e. The van der Waals surface area contributed by atoms with Gasteiger partial charge < -0.3 is 5.11 Å². The smallest absolute Gasteiger partial charge is 0.305 e. The number of carbonyl (C=O) groups is 3. The van der Waals surface area contributed by atoms with E-state index < -0.39 is 34.4 Å². The third-order valence-electron chi connectivity index (χ3n) is 3.83. The van der Waals surface area contributed by atoms with Crippen LogP contribution in [0.15, 0.2) is 59.6 Å². The van der Waals surface area contributed by atoms with Gasteiger partial charge in [0, 0.05) is 17.7 Å². The highest BCUT2D eigenvalue weighted by molar-refractivity contribution is 8.15. The first-order chi connectivity index (χ1) is 13.8. The molecule has 0 saturated carbocycles. The molecule has 3 rings (SSSR count). The Hall–Kier alpha value is -3.73. The van der Waals surface area contributed by atoms with E-state index in [1.54, 1.807) is 30.3 Å². The molecular weight excluding hydrogens is 400 g/mol. The number of carboxylic acids is 1. The SMILES string of the molecule is O=C(O)C[C@@H]1SC(=Nc2ccccc2)N(NC(=O)c2ccc([N+](=O)[O-])cc2)C1=O. The van der Waals surface area contributed by atoms with E-state index in [1.165, 1.54) is 24.3 Å². The van der Waals surface area contributed by atoms with Crippen LogP contribution in [-0.4, -0.2) is 43.2 Å². The van der Waals surface area contributed by atoms with Gasteiger partial charge in [-0.3, -0.25) is 29.9 Å². The summed E-state index contributed by atoms with van der Waals surface area (Å²) < 4.78 is 0. The number of nitrogens with one attached hydrogen (secondary N) is 1. The molecule has 2 aromatic rings. The van der Waals surface area contributed by atoms with Crippen molar-refractivity contribution in [3.05, 3.63) is 70.3 Å². The number of amidine groups is 1. The number of nitro benzene ring substituents is 1. The lowest BCUT2D eigenvalue weighted by Crippen LogP contribution is -2.46. The Morgan fingerprint density at radius 1 is 1.17 bits per heavy atom. The van der Waals surface area contributed by atoms with Crippen molar-refractivity contribution in [1.82, 2.24) is 10.4 Å². The molecule has 2 aromatic carbocycles. The van der Waals surface area contributed by atoms with Gasteiger partial charge in [-0.05, 0) is 24.3 Å². The summed E-state index contributed by atoms with van der Waals surface area (Å²) in [6.07, 6.45) is -0.429. The molecule has 0 unspecified atom stereocenters. The van der Waals surface area contributed by atoms with Gasteiger partial charge in [-0.1, -0.05) is 30.0 Å². The number of aliphatic imine (C=N–C) groups is 1. The molecule has 1 saturated heterocycles. The lowest BCUT2D eigenvalue weighted by molar-refractivity contribution is -0.384. The van der Waals surface area contributed by atoms with Gasteiger partial charge in [0.1, 0.15) is 5.25 Å². The second kappa shape index (κ2) is 8.52. The number of nitrogens with zero attached hydrogens (tertiary/aromatic N) is 3. The molecular formula is C18H14N4O6S. The minimum Gasteiger partial charge on any atom is -0.481 e. The molecule has 1 aliphatic rings. The van der Waals surface area contributed by atoms with E-state index in [1.807, 2.05) is 0 Å². The Kier molecular flexibility index (Phi) is 5.88. The maximum atomic E-state index is 12.6. The second-order valence-corrected chi connectivity index (χ2v) is 7.02. The number of carboxylic acid groups (broad SMARTS) is 1. The predicted octanol–water partition coefficient (Wildman–Crippen LogP) is 2.35. The first kappa shape index (κ1) is 20.0. The van der Waals surface area contributed by atoms with Crippen LogP contribution in [0.25, 0.3) is 0 Å².